The number of carbonyl (C=O) groups is 2. The molecule has 1 heterocycles. The van der Waals surface area contributed by atoms with E-state index < -0.39 is 0 Å². The van der Waals surface area contributed by atoms with Crippen molar-refractivity contribution in [2.24, 2.45) is 0 Å². The zero-order chi connectivity index (χ0) is 18.5. The van der Waals surface area contributed by atoms with Gasteiger partial charge in [-0.1, -0.05) is 30.3 Å². The first-order valence-electron chi connectivity index (χ1n) is 8.30. The van der Waals surface area contributed by atoms with Crippen molar-refractivity contribution >= 4 is 28.5 Å². The van der Waals surface area contributed by atoms with Crippen LogP contribution < -0.4 is 15.4 Å². The summed E-state index contributed by atoms with van der Waals surface area (Å²) in [4.78, 5) is 23.4. The molecule has 0 saturated heterocycles. The summed E-state index contributed by atoms with van der Waals surface area (Å²) >= 11 is 0. The molecule has 0 spiro atoms. The molecule has 1 aromatic heterocycles. The van der Waals surface area contributed by atoms with Gasteiger partial charge >= 0.3 is 0 Å². The fraction of sp³-hybridized carbons (Fsp3) is 0.200. The SMILES string of the molecule is CC(=O)Nc1ccccc1OCC(=O)N[C@H](C)c1cc2ccccc2o1. The second-order valence-electron chi connectivity index (χ2n) is 5.94. The highest BCUT2D eigenvalue weighted by Crippen LogP contribution is 2.25. The maximum atomic E-state index is 12.2. The molecular weight excluding hydrogens is 332 g/mol. The molecule has 2 amide bonds. The molecule has 2 aromatic carbocycles. The minimum absolute atomic E-state index is 0.166. The van der Waals surface area contributed by atoms with E-state index >= 15 is 0 Å². The molecule has 0 saturated carbocycles. The largest absolute Gasteiger partial charge is 0.482 e. The van der Waals surface area contributed by atoms with Crippen molar-refractivity contribution in [1.82, 2.24) is 5.32 Å². The summed E-state index contributed by atoms with van der Waals surface area (Å²) in [6.07, 6.45) is 0. The second kappa shape index (κ2) is 7.74. The zero-order valence-electron chi connectivity index (χ0n) is 14.6. The van der Waals surface area contributed by atoms with Crippen LogP contribution in [0.1, 0.15) is 25.6 Å². The number of fused-ring (bicyclic) bond motifs is 1. The topological polar surface area (TPSA) is 80.6 Å². The van der Waals surface area contributed by atoms with Crippen molar-refractivity contribution in [2.75, 3.05) is 11.9 Å². The fourth-order valence-electron chi connectivity index (χ4n) is 2.60. The lowest BCUT2D eigenvalue weighted by Gasteiger charge is -2.14. The van der Waals surface area contributed by atoms with Gasteiger partial charge in [-0.25, -0.2) is 0 Å². The summed E-state index contributed by atoms with van der Waals surface area (Å²) < 4.78 is 11.3. The van der Waals surface area contributed by atoms with Crippen LogP contribution in [-0.2, 0) is 9.59 Å². The number of carbonyl (C=O) groups excluding carboxylic acids is 2. The predicted octanol–water partition coefficient (Wildman–Crippen LogP) is 3.65. The Morgan fingerprint density at radius 2 is 1.85 bits per heavy atom. The van der Waals surface area contributed by atoms with Crippen LogP contribution in [0, 0.1) is 0 Å². The first kappa shape index (κ1) is 17.5. The minimum atomic E-state index is -0.288. The Balaban J connectivity index is 1.59. The summed E-state index contributed by atoms with van der Waals surface area (Å²) in [5.74, 6) is 0.632. The van der Waals surface area contributed by atoms with E-state index in [0.29, 0.717) is 17.2 Å². The van der Waals surface area contributed by atoms with Crippen LogP contribution in [-0.4, -0.2) is 18.4 Å². The molecule has 0 unspecified atom stereocenters. The van der Waals surface area contributed by atoms with Crippen molar-refractivity contribution in [2.45, 2.75) is 19.9 Å². The number of hydrogen-bond acceptors (Lipinski definition) is 4. The van der Waals surface area contributed by atoms with E-state index in [1.54, 1.807) is 24.3 Å². The van der Waals surface area contributed by atoms with E-state index in [-0.39, 0.29) is 24.5 Å². The number of para-hydroxylation sites is 3. The third-order valence-corrected chi connectivity index (χ3v) is 3.81. The standard InChI is InChI=1S/C20H20N2O4/c1-13(19-11-15-7-3-5-9-17(15)26-19)21-20(24)12-25-18-10-6-4-8-16(18)22-14(2)23/h3-11,13H,12H2,1-2H3,(H,21,24)(H,22,23)/t13-/m1/s1. The van der Waals surface area contributed by atoms with E-state index in [1.165, 1.54) is 6.92 Å². The van der Waals surface area contributed by atoms with E-state index in [9.17, 15) is 9.59 Å². The molecule has 26 heavy (non-hydrogen) atoms. The van der Waals surface area contributed by atoms with Gasteiger partial charge in [0.25, 0.3) is 5.91 Å². The Hall–Kier alpha value is -3.28. The zero-order valence-corrected chi connectivity index (χ0v) is 14.6. The van der Waals surface area contributed by atoms with Crippen molar-refractivity contribution in [3.8, 4) is 5.75 Å². The van der Waals surface area contributed by atoms with Gasteiger partial charge in [-0.2, -0.15) is 0 Å². The molecule has 0 aliphatic rings. The van der Waals surface area contributed by atoms with Gasteiger partial charge in [0.05, 0.1) is 11.7 Å². The third kappa shape index (κ3) is 4.22. The Labute approximate surface area is 151 Å². The van der Waals surface area contributed by atoms with Gasteiger partial charge in [0, 0.05) is 12.3 Å². The molecule has 3 rings (SSSR count). The average molecular weight is 352 g/mol. The monoisotopic (exact) mass is 352 g/mol. The first-order valence-corrected chi connectivity index (χ1v) is 8.30. The van der Waals surface area contributed by atoms with Crippen molar-refractivity contribution < 1.29 is 18.7 Å². The van der Waals surface area contributed by atoms with Gasteiger partial charge in [0.1, 0.15) is 17.1 Å². The molecule has 2 N–H and O–H groups in total. The molecule has 0 bridgehead atoms. The molecule has 0 aliphatic carbocycles. The van der Waals surface area contributed by atoms with E-state index in [1.807, 2.05) is 37.3 Å². The van der Waals surface area contributed by atoms with Gasteiger partial charge in [-0.05, 0) is 31.2 Å². The van der Waals surface area contributed by atoms with Gasteiger partial charge < -0.3 is 19.8 Å². The maximum Gasteiger partial charge on any atom is 0.258 e. The minimum Gasteiger partial charge on any atom is -0.482 e. The summed E-state index contributed by atoms with van der Waals surface area (Å²) in [6, 6.07) is 16.3. The Morgan fingerprint density at radius 1 is 1.12 bits per heavy atom. The quantitative estimate of drug-likeness (QED) is 0.710. The average Bonchev–Trinajstić information content (AvgIpc) is 3.05. The number of rotatable bonds is 6. The van der Waals surface area contributed by atoms with Crippen LogP contribution in [0.3, 0.4) is 0 Å². The molecule has 6 heteroatoms. The van der Waals surface area contributed by atoms with Crippen LogP contribution in [0.5, 0.6) is 5.75 Å². The van der Waals surface area contributed by atoms with E-state index in [0.717, 1.165) is 11.0 Å². The number of ether oxygens (including phenoxy) is 1. The number of hydrogen-bond donors (Lipinski definition) is 2. The molecule has 3 aromatic rings. The number of amides is 2. The summed E-state index contributed by atoms with van der Waals surface area (Å²) in [5.41, 5.74) is 1.31. The Bertz CT molecular complexity index is 899. The summed E-state index contributed by atoms with van der Waals surface area (Å²) in [7, 11) is 0. The molecule has 0 aliphatic heterocycles. The lowest BCUT2D eigenvalue weighted by Crippen LogP contribution is -2.31. The third-order valence-electron chi connectivity index (χ3n) is 3.81. The molecule has 6 nitrogen and oxygen atoms in total. The number of anilines is 1. The van der Waals surface area contributed by atoms with E-state index in [2.05, 4.69) is 10.6 Å². The Morgan fingerprint density at radius 3 is 2.62 bits per heavy atom. The highest BCUT2D eigenvalue weighted by Gasteiger charge is 2.15. The van der Waals surface area contributed by atoms with Crippen LogP contribution >= 0.6 is 0 Å². The normalized spacial score (nSPS) is 11.8. The lowest BCUT2D eigenvalue weighted by molar-refractivity contribution is -0.123. The van der Waals surface area contributed by atoms with Crippen molar-refractivity contribution in [1.29, 1.82) is 0 Å². The van der Waals surface area contributed by atoms with Gasteiger partial charge in [0.2, 0.25) is 5.91 Å². The molecule has 0 fully saturated rings. The Kier molecular flexibility index (Phi) is 5.22. The van der Waals surface area contributed by atoms with Crippen LogP contribution in [0.4, 0.5) is 5.69 Å². The highest BCUT2D eigenvalue weighted by atomic mass is 16.5. The predicted molar refractivity (Wildman–Crippen MR) is 99.0 cm³/mol. The maximum absolute atomic E-state index is 12.2. The molecular formula is C20H20N2O4. The lowest BCUT2D eigenvalue weighted by atomic mass is 10.2. The molecule has 0 radical (unpaired) electrons. The molecule has 134 valence electrons. The van der Waals surface area contributed by atoms with Crippen LogP contribution in [0.25, 0.3) is 11.0 Å². The van der Waals surface area contributed by atoms with Gasteiger partial charge in [-0.15, -0.1) is 0 Å². The number of benzene rings is 2. The highest BCUT2D eigenvalue weighted by molar-refractivity contribution is 5.90. The van der Waals surface area contributed by atoms with Crippen molar-refractivity contribution in [3.05, 3.63) is 60.4 Å². The first-order chi connectivity index (χ1) is 12.5. The summed E-state index contributed by atoms with van der Waals surface area (Å²) in [5, 5.41) is 6.50. The van der Waals surface area contributed by atoms with Crippen LogP contribution in [0.2, 0.25) is 0 Å². The van der Waals surface area contributed by atoms with Gasteiger partial charge in [0.15, 0.2) is 6.61 Å². The summed E-state index contributed by atoms with van der Waals surface area (Å²) in [6.45, 7) is 3.10. The fourth-order valence-corrected chi connectivity index (χ4v) is 2.60. The van der Waals surface area contributed by atoms with Crippen LogP contribution in [0.15, 0.2) is 59.0 Å². The smallest absolute Gasteiger partial charge is 0.258 e. The number of nitrogens with one attached hydrogen (secondary N) is 2. The van der Waals surface area contributed by atoms with E-state index in [4.69, 9.17) is 9.15 Å². The second-order valence-corrected chi connectivity index (χ2v) is 5.94. The van der Waals surface area contributed by atoms with Gasteiger partial charge in [-0.3, -0.25) is 9.59 Å². The molecule has 1 atom stereocenters. The number of furan rings is 1. The van der Waals surface area contributed by atoms with Crippen molar-refractivity contribution in [3.63, 3.8) is 0 Å².